The van der Waals surface area contributed by atoms with Gasteiger partial charge in [-0.15, -0.1) is 10.2 Å². The Morgan fingerprint density at radius 3 is 2.42 bits per heavy atom. The molecule has 0 spiro atoms. The van der Waals surface area contributed by atoms with E-state index >= 15 is 0 Å². The molecule has 0 aliphatic heterocycles. The van der Waals surface area contributed by atoms with E-state index in [0.717, 1.165) is 15.7 Å². The molecule has 0 saturated heterocycles. The highest BCUT2D eigenvalue weighted by atomic mass is 79.9. The Morgan fingerprint density at radius 2 is 1.74 bits per heavy atom. The van der Waals surface area contributed by atoms with Crippen molar-refractivity contribution in [3.05, 3.63) is 82.8 Å². The van der Waals surface area contributed by atoms with Crippen LogP contribution in [-0.4, -0.2) is 52.2 Å². The first-order valence-electron chi connectivity index (χ1n) is 12.0. The van der Waals surface area contributed by atoms with Crippen molar-refractivity contribution in [3.8, 4) is 17.1 Å². The van der Waals surface area contributed by atoms with Crippen LogP contribution in [0.3, 0.4) is 0 Å². The normalized spacial score (nSPS) is 11.6. The SMILES string of the molecule is CCN(CC)S(=O)(=O)c1cccc(-c2nnc(SCC(=O)Nc3ccc(C)cc3Br)n2-c2ccccc2)c1. The molecule has 4 rings (SSSR count). The molecule has 1 heterocycles. The number of para-hydroxylation sites is 1. The Bertz CT molecular complexity index is 1540. The molecular formula is C27H28BrN5O3S2. The van der Waals surface area contributed by atoms with Crippen molar-refractivity contribution >= 4 is 49.3 Å². The average Bonchev–Trinajstić information content (AvgIpc) is 3.34. The molecule has 0 aliphatic carbocycles. The lowest BCUT2D eigenvalue weighted by Crippen LogP contribution is -2.30. The zero-order valence-electron chi connectivity index (χ0n) is 21.3. The number of hydrogen-bond donors (Lipinski definition) is 1. The highest BCUT2D eigenvalue weighted by molar-refractivity contribution is 9.10. The average molecular weight is 615 g/mol. The van der Waals surface area contributed by atoms with Gasteiger partial charge in [-0.1, -0.05) is 62.0 Å². The number of carbonyl (C=O) groups excluding carboxylic acids is 1. The van der Waals surface area contributed by atoms with E-state index < -0.39 is 10.0 Å². The molecule has 0 fully saturated rings. The van der Waals surface area contributed by atoms with Gasteiger partial charge in [0, 0.05) is 28.8 Å². The van der Waals surface area contributed by atoms with Crippen LogP contribution in [0.1, 0.15) is 19.4 Å². The fraction of sp³-hybridized carbons (Fsp3) is 0.222. The monoisotopic (exact) mass is 613 g/mol. The van der Waals surface area contributed by atoms with Crippen LogP contribution >= 0.6 is 27.7 Å². The molecule has 4 aromatic rings. The second-order valence-electron chi connectivity index (χ2n) is 8.41. The number of nitrogens with one attached hydrogen (secondary N) is 1. The van der Waals surface area contributed by atoms with Crippen molar-refractivity contribution < 1.29 is 13.2 Å². The first-order chi connectivity index (χ1) is 18.2. The molecule has 0 unspecified atom stereocenters. The molecule has 0 atom stereocenters. The first kappa shape index (κ1) is 28.0. The topological polar surface area (TPSA) is 97.2 Å². The van der Waals surface area contributed by atoms with Crippen LogP contribution < -0.4 is 5.32 Å². The summed E-state index contributed by atoms with van der Waals surface area (Å²) in [5.74, 6) is 0.412. The summed E-state index contributed by atoms with van der Waals surface area (Å²) in [6.45, 7) is 6.37. The Balaban J connectivity index is 1.65. The van der Waals surface area contributed by atoms with E-state index in [1.165, 1.54) is 16.1 Å². The lowest BCUT2D eigenvalue weighted by Gasteiger charge is -2.19. The van der Waals surface area contributed by atoms with Crippen molar-refractivity contribution in [1.29, 1.82) is 0 Å². The molecule has 38 heavy (non-hydrogen) atoms. The van der Waals surface area contributed by atoms with E-state index in [4.69, 9.17) is 0 Å². The molecule has 0 bridgehead atoms. The van der Waals surface area contributed by atoms with Crippen molar-refractivity contribution in [2.24, 2.45) is 0 Å². The second kappa shape index (κ2) is 12.2. The molecule has 8 nitrogen and oxygen atoms in total. The Labute approximate surface area is 235 Å². The summed E-state index contributed by atoms with van der Waals surface area (Å²) in [6, 6.07) is 22.0. The smallest absolute Gasteiger partial charge is 0.243 e. The third-order valence-electron chi connectivity index (χ3n) is 5.81. The van der Waals surface area contributed by atoms with Crippen molar-refractivity contribution in [3.63, 3.8) is 0 Å². The maximum atomic E-state index is 13.1. The predicted molar refractivity (Wildman–Crippen MR) is 155 cm³/mol. The summed E-state index contributed by atoms with van der Waals surface area (Å²) in [4.78, 5) is 12.9. The van der Waals surface area contributed by atoms with Gasteiger partial charge in [0.15, 0.2) is 11.0 Å². The molecule has 1 aromatic heterocycles. The van der Waals surface area contributed by atoms with Gasteiger partial charge >= 0.3 is 0 Å². The number of nitrogens with zero attached hydrogens (tertiary/aromatic N) is 4. The number of halogens is 1. The standard InChI is InChI=1S/C27H28BrN5O3S2/c1-4-32(5-2)38(35,36)22-13-9-10-20(17-22)26-30-31-27(33(26)21-11-7-6-8-12-21)37-18-25(34)29-24-15-14-19(3)16-23(24)28/h6-17H,4-5,18H2,1-3H3,(H,29,34). The third kappa shape index (κ3) is 6.17. The van der Waals surface area contributed by atoms with E-state index in [1.807, 2.05) is 73.9 Å². The van der Waals surface area contributed by atoms with E-state index in [9.17, 15) is 13.2 Å². The molecule has 3 aromatic carbocycles. The Hall–Kier alpha value is -2.99. The van der Waals surface area contributed by atoms with Gasteiger partial charge in [-0.3, -0.25) is 9.36 Å². The van der Waals surface area contributed by atoms with Gasteiger partial charge in [0.1, 0.15) is 0 Å². The van der Waals surface area contributed by atoms with Crippen LogP contribution in [-0.2, 0) is 14.8 Å². The Kier molecular flexibility index (Phi) is 9.03. The largest absolute Gasteiger partial charge is 0.324 e. The predicted octanol–water partition coefficient (Wildman–Crippen LogP) is 5.77. The lowest BCUT2D eigenvalue weighted by atomic mass is 10.2. The number of rotatable bonds is 10. The summed E-state index contributed by atoms with van der Waals surface area (Å²) < 4.78 is 30.3. The number of amides is 1. The van der Waals surface area contributed by atoms with Crippen LogP contribution in [0.2, 0.25) is 0 Å². The van der Waals surface area contributed by atoms with Crippen LogP contribution in [0.4, 0.5) is 5.69 Å². The highest BCUT2D eigenvalue weighted by Crippen LogP contribution is 2.30. The fourth-order valence-electron chi connectivity index (χ4n) is 3.91. The first-order valence-corrected chi connectivity index (χ1v) is 15.3. The van der Waals surface area contributed by atoms with Crippen molar-refractivity contribution in [1.82, 2.24) is 19.1 Å². The second-order valence-corrected chi connectivity index (χ2v) is 12.1. The number of aromatic nitrogens is 3. The minimum atomic E-state index is -3.65. The molecule has 11 heteroatoms. The molecule has 0 saturated carbocycles. The van der Waals surface area contributed by atoms with Gasteiger partial charge in [0.2, 0.25) is 15.9 Å². The zero-order valence-corrected chi connectivity index (χ0v) is 24.5. The lowest BCUT2D eigenvalue weighted by molar-refractivity contribution is -0.113. The number of sulfonamides is 1. The van der Waals surface area contributed by atoms with Crippen molar-refractivity contribution in [2.75, 3.05) is 24.2 Å². The van der Waals surface area contributed by atoms with Gasteiger partial charge < -0.3 is 5.32 Å². The maximum absolute atomic E-state index is 13.1. The maximum Gasteiger partial charge on any atom is 0.243 e. The summed E-state index contributed by atoms with van der Waals surface area (Å²) in [6.07, 6.45) is 0. The van der Waals surface area contributed by atoms with Crippen LogP contribution in [0.5, 0.6) is 0 Å². The summed E-state index contributed by atoms with van der Waals surface area (Å²) >= 11 is 4.74. The van der Waals surface area contributed by atoms with E-state index in [2.05, 4.69) is 31.4 Å². The van der Waals surface area contributed by atoms with Crippen molar-refractivity contribution in [2.45, 2.75) is 30.8 Å². The summed E-state index contributed by atoms with van der Waals surface area (Å²) in [7, 11) is -3.65. The molecule has 1 amide bonds. The number of hydrogen-bond acceptors (Lipinski definition) is 6. The van der Waals surface area contributed by atoms with Crippen LogP contribution in [0, 0.1) is 6.92 Å². The number of anilines is 1. The van der Waals surface area contributed by atoms with Crippen LogP contribution in [0.25, 0.3) is 17.1 Å². The zero-order chi connectivity index (χ0) is 27.3. The van der Waals surface area contributed by atoms with E-state index in [-0.39, 0.29) is 16.6 Å². The molecule has 0 radical (unpaired) electrons. The number of aryl methyl sites for hydroxylation is 1. The minimum absolute atomic E-state index is 0.113. The molecular weight excluding hydrogens is 586 g/mol. The minimum Gasteiger partial charge on any atom is -0.324 e. The van der Waals surface area contributed by atoms with E-state index in [0.29, 0.717) is 35.3 Å². The number of thioether (sulfide) groups is 1. The summed E-state index contributed by atoms with van der Waals surface area (Å²) in [5.41, 5.74) is 3.18. The van der Waals surface area contributed by atoms with Gasteiger partial charge in [0.25, 0.3) is 0 Å². The van der Waals surface area contributed by atoms with Gasteiger partial charge in [-0.25, -0.2) is 8.42 Å². The van der Waals surface area contributed by atoms with Crippen LogP contribution in [0.15, 0.2) is 87.3 Å². The van der Waals surface area contributed by atoms with Gasteiger partial charge in [-0.2, -0.15) is 4.31 Å². The quantitative estimate of drug-likeness (QED) is 0.228. The summed E-state index contributed by atoms with van der Waals surface area (Å²) in [5, 5.41) is 12.2. The number of carbonyl (C=O) groups is 1. The Morgan fingerprint density at radius 1 is 1.00 bits per heavy atom. The third-order valence-corrected chi connectivity index (χ3v) is 9.45. The molecule has 0 aliphatic rings. The highest BCUT2D eigenvalue weighted by Gasteiger charge is 2.24. The van der Waals surface area contributed by atoms with Gasteiger partial charge in [-0.05, 0) is 64.8 Å². The van der Waals surface area contributed by atoms with Gasteiger partial charge in [0.05, 0.1) is 16.3 Å². The molecule has 1 N–H and O–H groups in total. The molecule has 198 valence electrons. The fourth-order valence-corrected chi connectivity index (χ4v) is 6.76. The number of benzene rings is 3. The van der Waals surface area contributed by atoms with E-state index in [1.54, 1.807) is 24.3 Å².